The summed E-state index contributed by atoms with van der Waals surface area (Å²) in [5.41, 5.74) is 16.4. The van der Waals surface area contributed by atoms with Gasteiger partial charge in [0.1, 0.15) is 20.2 Å². The third kappa shape index (κ3) is 8.18. The summed E-state index contributed by atoms with van der Waals surface area (Å²) in [6.07, 6.45) is 0. The standard InChI is InChI=1S/C32H24N6O6S2.2Na/c33-29-13-15-31(27-17-23(45(39,40)41)9-11-25(27)29)37-35-21-5-1-19(2-6-21)20-3-7-22(8-4-20)36-38-32-16-14-30(34)26-12-10-24(18-28(26)32)46(42,43)44;;/h1-18H,33-34H2,(H,39,40,41)(H,42,43,44);;/q;2*+1/p-2. The largest absolute Gasteiger partial charge is 1.00 e. The first kappa shape index (κ1) is 37.3. The Labute approximate surface area is 320 Å². The first-order chi connectivity index (χ1) is 21.9. The Balaban J connectivity index is 0.00000260. The molecule has 0 aliphatic heterocycles. The average molecular weight is 697 g/mol. The molecule has 0 unspecified atom stereocenters. The van der Waals surface area contributed by atoms with Crippen molar-refractivity contribution < 1.29 is 85.1 Å². The molecule has 6 aromatic rings. The zero-order valence-electron chi connectivity index (χ0n) is 25.6. The van der Waals surface area contributed by atoms with Crippen LogP contribution < -0.4 is 70.6 Å². The number of benzene rings is 6. The van der Waals surface area contributed by atoms with Crippen molar-refractivity contribution in [3.8, 4) is 11.1 Å². The summed E-state index contributed by atoms with van der Waals surface area (Å²) in [4.78, 5) is -0.769. The molecule has 6 rings (SSSR count). The Morgan fingerprint density at radius 3 is 1.12 bits per heavy atom. The van der Waals surface area contributed by atoms with Crippen LogP contribution in [0.1, 0.15) is 0 Å². The predicted octanol–water partition coefficient (Wildman–Crippen LogP) is 1.47. The molecule has 0 radical (unpaired) electrons. The maximum absolute atomic E-state index is 11.5. The molecule has 0 amide bonds. The Morgan fingerprint density at radius 1 is 0.438 bits per heavy atom. The van der Waals surface area contributed by atoms with Crippen molar-refractivity contribution in [1.82, 2.24) is 0 Å². The van der Waals surface area contributed by atoms with E-state index in [9.17, 15) is 25.9 Å². The van der Waals surface area contributed by atoms with Crippen LogP contribution in [0.25, 0.3) is 32.7 Å². The summed E-state index contributed by atoms with van der Waals surface area (Å²) in [6, 6.07) is 28.8. The van der Waals surface area contributed by atoms with Gasteiger partial charge in [-0.1, -0.05) is 36.4 Å². The molecule has 0 bridgehead atoms. The Bertz CT molecular complexity index is 2270. The van der Waals surface area contributed by atoms with Gasteiger partial charge in [-0.2, -0.15) is 10.2 Å². The zero-order chi connectivity index (χ0) is 32.6. The number of fused-ring (bicyclic) bond motifs is 2. The van der Waals surface area contributed by atoms with Crippen LogP contribution in [0.15, 0.2) is 139 Å². The monoisotopic (exact) mass is 696 g/mol. The van der Waals surface area contributed by atoms with Gasteiger partial charge in [-0.15, -0.1) is 10.2 Å². The minimum atomic E-state index is -4.66. The van der Waals surface area contributed by atoms with E-state index in [0.717, 1.165) is 11.1 Å². The predicted molar refractivity (Wildman–Crippen MR) is 173 cm³/mol. The number of hydrogen-bond acceptors (Lipinski definition) is 12. The van der Waals surface area contributed by atoms with E-state index in [-0.39, 0.29) is 68.9 Å². The number of nitrogens with zero attached hydrogens (tertiary/aromatic N) is 4. The molecule has 0 spiro atoms. The quantitative estimate of drug-likeness (QED) is 0.108. The van der Waals surface area contributed by atoms with Crippen molar-refractivity contribution in [3.05, 3.63) is 109 Å². The van der Waals surface area contributed by atoms with Crippen molar-refractivity contribution in [2.45, 2.75) is 9.79 Å². The minimum absolute atomic E-state index is 0. The van der Waals surface area contributed by atoms with E-state index in [4.69, 9.17) is 11.5 Å². The first-order valence-corrected chi connectivity index (χ1v) is 16.3. The molecule has 6 aromatic carbocycles. The Morgan fingerprint density at radius 2 is 0.792 bits per heavy atom. The maximum atomic E-state index is 11.5. The van der Waals surface area contributed by atoms with Crippen LogP contribution in [-0.2, 0) is 20.2 Å². The molecule has 0 aliphatic rings. The zero-order valence-corrected chi connectivity index (χ0v) is 31.2. The van der Waals surface area contributed by atoms with E-state index >= 15 is 0 Å². The van der Waals surface area contributed by atoms with Crippen LogP contribution in [0.3, 0.4) is 0 Å². The fraction of sp³-hybridized carbons (Fsp3) is 0. The second-order valence-electron chi connectivity index (χ2n) is 10.2. The van der Waals surface area contributed by atoms with E-state index in [1.165, 1.54) is 36.4 Å². The molecular weight excluding hydrogens is 675 g/mol. The first-order valence-electron chi connectivity index (χ1n) is 13.5. The third-order valence-electron chi connectivity index (χ3n) is 7.19. The summed E-state index contributed by atoms with van der Waals surface area (Å²) in [6.45, 7) is 0. The molecule has 230 valence electrons. The normalized spacial score (nSPS) is 12.0. The van der Waals surface area contributed by atoms with Crippen LogP contribution in [0.4, 0.5) is 34.1 Å². The van der Waals surface area contributed by atoms with Crippen molar-refractivity contribution in [2.75, 3.05) is 11.5 Å². The van der Waals surface area contributed by atoms with Crippen LogP contribution >= 0.6 is 0 Å². The molecule has 0 saturated carbocycles. The van der Waals surface area contributed by atoms with Gasteiger partial charge in [0.2, 0.25) is 0 Å². The number of hydrogen-bond donors (Lipinski definition) is 2. The van der Waals surface area contributed by atoms with Crippen molar-refractivity contribution >= 4 is 75.9 Å². The molecule has 0 saturated heterocycles. The van der Waals surface area contributed by atoms with Crippen LogP contribution in [0, 0.1) is 0 Å². The van der Waals surface area contributed by atoms with E-state index < -0.39 is 20.2 Å². The van der Waals surface area contributed by atoms with Crippen LogP contribution in [0.2, 0.25) is 0 Å². The minimum Gasteiger partial charge on any atom is -0.744 e. The fourth-order valence-corrected chi connectivity index (χ4v) is 5.81. The van der Waals surface area contributed by atoms with E-state index in [1.54, 1.807) is 48.5 Å². The smallest absolute Gasteiger partial charge is 0.744 e. The average Bonchev–Trinajstić information content (AvgIpc) is 3.03. The van der Waals surface area contributed by atoms with Gasteiger partial charge >= 0.3 is 59.1 Å². The van der Waals surface area contributed by atoms with Gasteiger partial charge in [-0.05, 0) is 83.9 Å². The molecular formula is C32H22N6Na2O6S2. The van der Waals surface area contributed by atoms with Crippen molar-refractivity contribution in [3.63, 3.8) is 0 Å². The van der Waals surface area contributed by atoms with Crippen molar-refractivity contribution in [1.29, 1.82) is 0 Å². The van der Waals surface area contributed by atoms with Gasteiger partial charge in [0.15, 0.2) is 0 Å². The summed E-state index contributed by atoms with van der Waals surface area (Å²) < 4.78 is 69.1. The number of azo groups is 2. The summed E-state index contributed by atoms with van der Waals surface area (Å²) in [5, 5.41) is 18.9. The summed E-state index contributed by atoms with van der Waals surface area (Å²) in [5.74, 6) is 0. The van der Waals surface area contributed by atoms with Crippen molar-refractivity contribution in [2.24, 2.45) is 20.5 Å². The number of anilines is 2. The molecule has 0 heterocycles. The number of nitrogens with two attached hydrogens (primary N) is 2. The van der Waals surface area contributed by atoms with Gasteiger partial charge in [-0.25, -0.2) is 16.8 Å². The van der Waals surface area contributed by atoms with Crippen LogP contribution in [0.5, 0.6) is 0 Å². The molecule has 0 aromatic heterocycles. The molecule has 16 heteroatoms. The molecule has 4 N–H and O–H groups in total. The second-order valence-corrected chi connectivity index (χ2v) is 12.9. The Hall–Kier alpha value is -3.54. The maximum Gasteiger partial charge on any atom is 1.00 e. The molecule has 0 aliphatic carbocycles. The van der Waals surface area contributed by atoms with Gasteiger partial charge in [0.25, 0.3) is 0 Å². The van der Waals surface area contributed by atoms with E-state index in [0.29, 0.717) is 55.7 Å². The molecule has 48 heavy (non-hydrogen) atoms. The number of nitrogen functional groups attached to an aromatic ring is 2. The molecule has 12 nitrogen and oxygen atoms in total. The fourth-order valence-electron chi connectivity index (χ4n) is 4.82. The van der Waals surface area contributed by atoms with Gasteiger partial charge in [0, 0.05) is 32.9 Å². The van der Waals surface area contributed by atoms with Gasteiger partial charge < -0.3 is 20.6 Å². The third-order valence-corrected chi connectivity index (χ3v) is 8.85. The number of rotatable bonds is 7. The SMILES string of the molecule is Nc1ccc(N=Nc2ccc(-c3ccc(N=Nc4ccc(N)c5ccc(S(=O)(=O)[O-])cc45)cc3)cc2)c2cc(S(=O)(=O)[O-])ccc12.[Na+].[Na+]. The second kappa shape index (κ2) is 14.9. The Kier molecular flexibility index (Phi) is 11.6. The molecule has 0 fully saturated rings. The van der Waals surface area contributed by atoms with E-state index in [2.05, 4.69) is 20.5 Å². The van der Waals surface area contributed by atoms with Crippen LogP contribution in [-0.4, -0.2) is 25.9 Å². The van der Waals surface area contributed by atoms with Gasteiger partial charge in [-0.3, -0.25) is 0 Å². The van der Waals surface area contributed by atoms with E-state index in [1.807, 2.05) is 24.3 Å². The summed E-state index contributed by atoms with van der Waals surface area (Å²) in [7, 11) is -9.33. The topological polar surface area (TPSA) is 216 Å². The molecule has 0 atom stereocenters. The van der Waals surface area contributed by atoms with Gasteiger partial charge in [0.05, 0.1) is 32.5 Å². The summed E-state index contributed by atoms with van der Waals surface area (Å²) >= 11 is 0.